The molecule has 0 fully saturated rings. The Hall–Kier alpha value is -1.92. The number of nitrogens with zero attached hydrogens (tertiary/aromatic N) is 2. The Morgan fingerprint density at radius 3 is 2.32 bits per heavy atom. The molecule has 1 unspecified atom stereocenters. The van der Waals surface area contributed by atoms with Crippen LogP contribution in [0.2, 0.25) is 0 Å². The lowest BCUT2D eigenvalue weighted by Gasteiger charge is -2.05. The quantitative estimate of drug-likeness (QED) is 0.375. The van der Waals surface area contributed by atoms with Crippen molar-refractivity contribution in [3.05, 3.63) is 66.2 Å². The molecule has 0 amide bonds. The van der Waals surface area contributed by atoms with E-state index in [0.717, 1.165) is 5.56 Å². The van der Waals surface area contributed by atoms with E-state index in [0.29, 0.717) is 16.7 Å². The van der Waals surface area contributed by atoms with Gasteiger partial charge in [-0.3, -0.25) is 4.79 Å². The Morgan fingerprint density at radius 1 is 1.00 bits per heavy atom. The van der Waals surface area contributed by atoms with Gasteiger partial charge in [0, 0.05) is 11.1 Å². The Morgan fingerprint density at radius 2 is 1.64 bits per heavy atom. The summed E-state index contributed by atoms with van der Waals surface area (Å²) in [6.45, 7) is 0. The van der Waals surface area contributed by atoms with Crippen LogP contribution in [0.25, 0.3) is 11.5 Å². The molecular weight excluding hydrogens is 364 g/mol. The summed E-state index contributed by atoms with van der Waals surface area (Å²) < 4.78 is 5.11. The summed E-state index contributed by atoms with van der Waals surface area (Å²) in [6, 6.07) is 18.6. The van der Waals surface area contributed by atoms with E-state index in [1.54, 1.807) is 12.1 Å². The van der Waals surface area contributed by atoms with Crippen molar-refractivity contribution in [1.29, 1.82) is 0 Å². The molecule has 4 nitrogen and oxygen atoms in total. The minimum Gasteiger partial charge on any atom is -0.411 e. The fourth-order valence-corrected chi connectivity index (χ4v) is 3.21. The first-order valence-corrected chi connectivity index (χ1v) is 8.32. The van der Waals surface area contributed by atoms with Gasteiger partial charge in [-0.05, 0) is 23.9 Å². The molecule has 6 heteroatoms. The molecule has 0 aliphatic carbocycles. The van der Waals surface area contributed by atoms with Crippen molar-refractivity contribution in [2.24, 2.45) is 0 Å². The number of rotatable bonds is 5. The van der Waals surface area contributed by atoms with Gasteiger partial charge in [-0.15, -0.1) is 10.2 Å². The molecule has 1 aromatic heterocycles. The van der Waals surface area contributed by atoms with Crippen molar-refractivity contribution >= 4 is 33.5 Å². The fourth-order valence-electron chi connectivity index (χ4n) is 1.83. The zero-order valence-corrected chi connectivity index (χ0v) is 13.8. The van der Waals surface area contributed by atoms with Crippen LogP contribution < -0.4 is 0 Å². The van der Waals surface area contributed by atoms with Crippen LogP contribution in [0.3, 0.4) is 0 Å². The largest absolute Gasteiger partial charge is 0.411 e. The summed E-state index contributed by atoms with van der Waals surface area (Å²) in [5, 5.41) is 8.33. The first-order chi connectivity index (χ1) is 10.7. The Labute approximate surface area is 140 Å². The maximum Gasteiger partial charge on any atom is 0.278 e. The minimum atomic E-state index is -0.473. The van der Waals surface area contributed by atoms with Crippen LogP contribution in [0.5, 0.6) is 0 Å². The van der Waals surface area contributed by atoms with Crippen LogP contribution >= 0.6 is 27.7 Å². The average molecular weight is 375 g/mol. The molecule has 110 valence electrons. The van der Waals surface area contributed by atoms with Crippen LogP contribution in [0.15, 0.2) is 70.3 Å². The maximum absolute atomic E-state index is 12.3. The molecule has 0 saturated carbocycles. The van der Waals surface area contributed by atoms with Crippen molar-refractivity contribution in [1.82, 2.24) is 10.2 Å². The van der Waals surface area contributed by atoms with E-state index in [9.17, 15) is 4.79 Å². The summed E-state index contributed by atoms with van der Waals surface area (Å²) >= 11 is 4.56. The topological polar surface area (TPSA) is 56.0 Å². The van der Waals surface area contributed by atoms with Gasteiger partial charge in [0.05, 0.1) is 0 Å². The second-order valence-corrected chi connectivity index (χ2v) is 6.98. The Bertz CT molecular complexity index is 762. The highest BCUT2D eigenvalue weighted by molar-refractivity contribution is 9.11. The summed E-state index contributed by atoms with van der Waals surface area (Å²) in [4.78, 5) is 12.3. The second kappa shape index (κ2) is 6.89. The predicted octanol–water partition coefficient (Wildman–Crippen LogP) is 4.43. The zero-order chi connectivity index (χ0) is 15.4. The van der Waals surface area contributed by atoms with E-state index in [2.05, 4.69) is 26.1 Å². The van der Waals surface area contributed by atoms with Gasteiger partial charge in [-0.2, -0.15) is 0 Å². The van der Waals surface area contributed by atoms with Crippen LogP contribution in [0, 0.1) is 0 Å². The van der Waals surface area contributed by atoms with E-state index in [1.807, 2.05) is 48.5 Å². The van der Waals surface area contributed by atoms with E-state index >= 15 is 0 Å². The molecule has 3 rings (SSSR count). The first kappa shape index (κ1) is 15.0. The molecule has 1 atom stereocenters. The third kappa shape index (κ3) is 3.45. The smallest absolute Gasteiger partial charge is 0.278 e. The van der Waals surface area contributed by atoms with Crippen LogP contribution in [0.1, 0.15) is 10.4 Å². The van der Waals surface area contributed by atoms with Gasteiger partial charge in [-0.25, -0.2) is 0 Å². The van der Waals surface area contributed by atoms with Crippen molar-refractivity contribution in [3.63, 3.8) is 0 Å². The second-order valence-electron chi connectivity index (χ2n) is 4.40. The molecule has 1 heterocycles. The molecule has 0 saturated heterocycles. The summed E-state index contributed by atoms with van der Waals surface area (Å²) in [6.07, 6.45) is 0. The van der Waals surface area contributed by atoms with Crippen molar-refractivity contribution in [2.45, 2.75) is 9.38 Å². The summed E-state index contributed by atoms with van der Waals surface area (Å²) in [5.74, 6) is 0.403. The van der Waals surface area contributed by atoms with Crippen LogP contribution in [0.4, 0.5) is 0 Å². The molecule has 0 spiro atoms. The Balaban J connectivity index is 1.71. The number of alkyl halides is 1. The van der Waals surface area contributed by atoms with E-state index in [1.165, 1.54) is 11.8 Å². The highest BCUT2D eigenvalue weighted by Gasteiger charge is 2.21. The molecule has 2 aromatic carbocycles. The molecule has 0 aliphatic rings. The highest BCUT2D eigenvalue weighted by atomic mass is 79.9. The monoisotopic (exact) mass is 374 g/mol. The van der Waals surface area contributed by atoms with Gasteiger partial charge in [0.25, 0.3) is 5.22 Å². The number of carbonyl (C=O) groups excluding carboxylic acids is 1. The SMILES string of the molecule is O=C(c1ccccc1)C(Br)Sc1nnc(-c2ccccc2)o1. The number of aromatic nitrogens is 2. The number of thioether (sulfide) groups is 1. The lowest BCUT2D eigenvalue weighted by Crippen LogP contribution is -2.10. The van der Waals surface area contributed by atoms with Gasteiger partial charge in [0.1, 0.15) is 4.16 Å². The summed E-state index contributed by atoms with van der Waals surface area (Å²) in [5.41, 5.74) is 1.49. The third-order valence-corrected chi connectivity index (χ3v) is 4.66. The predicted molar refractivity (Wildman–Crippen MR) is 89.1 cm³/mol. The van der Waals surface area contributed by atoms with Crippen molar-refractivity contribution in [2.75, 3.05) is 0 Å². The van der Waals surface area contributed by atoms with Crippen LogP contribution in [-0.4, -0.2) is 20.1 Å². The van der Waals surface area contributed by atoms with Crippen molar-refractivity contribution in [3.8, 4) is 11.5 Å². The summed E-state index contributed by atoms with van der Waals surface area (Å²) in [7, 11) is 0. The van der Waals surface area contributed by atoms with E-state index in [-0.39, 0.29) is 5.78 Å². The highest BCUT2D eigenvalue weighted by Crippen LogP contribution is 2.30. The normalized spacial score (nSPS) is 12.0. The maximum atomic E-state index is 12.3. The molecule has 3 aromatic rings. The van der Waals surface area contributed by atoms with E-state index in [4.69, 9.17) is 4.42 Å². The standard InChI is InChI=1S/C16H11BrN2O2S/c17-14(13(20)11-7-3-1-4-8-11)22-16-19-18-15(21-16)12-9-5-2-6-10-12/h1-10,14H. The number of ketones is 1. The number of halogens is 1. The third-order valence-electron chi connectivity index (χ3n) is 2.90. The van der Waals surface area contributed by atoms with Gasteiger partial charge in [0.15, 0.2) is 5.78 Å². The number of benzene rings is 2. The molecule has 0 bridgehead atoms. The number of Topliss-reactive ketones (excluding diaryl/α,β-unsaturated/α-hetero) is 1. The van der Waals surface area contributed by atoms with E-state index < -0.39 is 4.16 Å². The minimum absolute atomic E-state index is 0.0370. The number of carbonyl (C=O) groups is 1. The average Bonchev–Trinajstić information content (AvgIpc) is 3.04. The molecule has 22 heavy (non-hydrogen) atoms. The first-order valence-electron chi connectivity index (χ1n) is 6.53. The Kier molecular flexibility index (Phi) is 4.70. The van der Waals surface area contributed by atoms with Gasteiger partial charge < -0.3 is 4.42 Å². The number of hydrogen-bond donors (Lipinski definition) is 0. The fraction of sp³-hybridized carbons (Fsp3) is 0.0625. The molecule has 0 radical (unpaired) electrons. The lowest BCUT2D eigenvalue weighted by atomic mass is 10.2. The van der Waals surface area contributed by atoms with Gasteiger partial charge in [-0.1, -0.05) is 64.5 Å². The van der Waals surface area contributed by atoms with Gasteiger partial charge in [0.2, 0.25) is 5.89 Å². The lowest BCUT2D eigenvalue weighted by molar-refractivity contribution is 0.101. The zero-order valence-electron chi connectivity index (χ0n) is 11.3. The van der Waals surface area contributed by atoms with Crippen molar-refractivity contribution < 1.29 is 9.21 Å². The molecule has 0 N–H and O–H groups in total. The molecular formula is C16H11BrN2O2S. The van der Waals surface area contributed by atoms with Gasteiger partial charge >= 0.3 is 0 Å². The molecule has 0 aliphatic heterocycles. The number of hydrogen-bond acceptors (Lipinski definition) is 5. The van der Waals surface area contributed by atoms with Crippen LogP contribution in [-0.2, 0) is 0 Å².